The van der Waals surface area contributed by atoms with E-state index < -0.39 is 12.3 Å². The Balaban J connectivity index is 1.18. The molecule has 9 nitrogen and oxygen atoms in total. The number of hydrogen-bond acceptors (Lipinski definition) is 7. The number of hydrogen-bond donors (Lipinski definition) is 3. The Morgan fingerprint density at radius 2 is 1.42 bits per heavy atom. The van der Waals surface area contributed by atoms with Crippen molar-refractivity contribution in [2.24, 2.45) is 0 Å². The van der Waals surface area contributed by atoms with Gasteiger partial charge in [-0.05, 0) is 41.7 Å². The lowest BCUT2D eigenvalue weighted by molar-refractivity contribution is -0.253. The van der Waals surface area contributed by atoms with Gasteiger partial charge in [0.05, 0.1) is 18.8 Å². The Morgan fingerprint density at radius 1 is 0.756 bits per heavy atom. The molecule has 0 spiro atoms. The average molecular weight is 616 g/mol. The second-order valence-corrected chi connectivity index (χ2v) is 12.0. The van der Waals surface area contributed by atoms with Crippen LogP contribution in [0, 0.1) is 0 Å². The number of carboxylic acid groups (broad SMARTS) is 1. The fourth-order valence-corrected chi connectivity index (χ4v) is 5.98. The van der Waals surface area contributed by atoms with Crippen LogP contribution in [0.15, 0.2) is 78.9 Å². The highest BCUT2D eigenvalue weighted by Crippen LogP contribution is 2.38. The lowest BCUT2D eigenvalue weighted by atomic mass is 9.99. The van der Waals surface area contributed by atoms with E-state index in [9.17, 15) is 14.7 Å². The van der Waals surface area contributed by atoms with Crippen molar-refractivity contribution in [1.29, 1.82) is 0 Å². The van der Waals surface area contributed by atoms with Crippen LogP contribution < -0.4 is 5.32 Å². The van der Waals surface area contributed by atoms with E-state index >= 15 is 0 Å². The first-order valence-corrected chi connectivity index (χ1v) is 16.1. The van der Waals surface area contributed by atoms with Gasteiger partial charge in [0.25, 0.3) is 0 Å². The van der Waals surface area contributed by atoms with E-state index in [0.29, 0.717) is 31.4 Å². The number of aliphatic carboxylic acids is 1. The molecule has 0 aromatic heterocycles. The molecule has 0 bridgehead atoms. The number of anilines is 1. The topological polar surface area (TPSA) is 112 Å². The fourth-order valence-electron chi connectivity index (χ4n) is 5.98. The number of nitrogens with zero attached hydrogens (tertiary/aromatic N) is 2. The predicted molar refractivity (Wildman–Crippen MR) is 172 cm³/mol. The van der Waals surface area contributed by atoms with E-state index in [0.717, 1.165) is 62.4 Å². The summed E-state index contributed by atoms with van der Waals surface area (Å²) in [5, 5.41) is 21.2. The Bertz CT molecular complexity index is 1340. The number of unbranched alkanes of at least 4 members (excludes halogenated alkanes) is 2. The molecular formula is C36H45N3O6. The van der Waals surface area contributed by atoms with Gasteiger partial charge < -0.3 is 25.0 Å². The Kier molecular flexibility index (Phi) is 12.1. The Hall–Kier alpha value is -3.60. The minimum atomic E-state index is -0.805. The maximum atomic E-state index is 12.4. The lowest BCUT2D eigenvalue weighted by Crippen LogP contribution is -2.49. The monoisotopic (exact) mass is 615 g/mol. The van der Waals surface area contributed by atoms with Crippen molar-refractivity contribution in [3.63, 3.8) is 0 Å². The highest BCUT2D eigenvalue weighted by atomic mass is 16.7. The Labute approximate surface area is 265 Å². The van der Waals surface area contributed by atoms with Crippen LogP contribution in [0.2, 0.25) is 0 Å². The summed E-state index contributed by atoms with van der Waals surface area (Å²) in [5.41, 5.74) is 4.85. The number of aliphatic hydroxyl groups excluding tert-OH is 1. The van der Waals surface area contributed by atoms with Gasteiger partial charge in [0, 0.05) is 69.8 Å². The first kappa shape index (κ1) is 32.8. The number of nitrogens with one attached hydrogen (secondary N) is 1. The minimum absolute atomic E-state index is 0.00399. The fraction of sp³-hybridized carbons (Fsp3) is 0.444. The van der Waals surface area contributed by atoms with Gasteiger partial charge in [-0.15, -0.1) is 0 Å². The smallest absolute Gasteiger partial charge is 0.303 e. The van der Waals surface area contributed by atoms with Crippen molar-refractivity contribution in [1.82, 2.24) is 9.80 Å². The molecule has 3 aromatic rings. The number of carboxylic acids is 1. The normalized spacial score (nSPS) is 21.0. The number of aliphatic hydroxyl groups is 1. The summed E-state index contributed by atoms with van der Waals surface area (Å²) in [5.74, 6) is -0.890. The van der Waals surface area contributed by atoms with Crippen LogP contribution in [0.25, 0.3) is 0 Å². The van der Waals surface area contributed by atoms with Crippen LogP contribution in [0.5, 0.6) is 0 Å². The molecular weight excluding hydrogens is 570 g/mol. The van der Waals surface area contributed by atoms with Crippen molar-refractivity contribution in [2.45, 2.75) is 70.2 Å². The van der Waals surface area contributed by atoms with Crippen molar-refractivity contribution in [3.05, 3.63) is 101 Å². The highest BCUT2D eigenvalue weighted by molar-refractivity contribution is 5.90. The van der Waals surface area contributed by atoms with Crippen molar-refractivity contribution < 1.29 is 29.3 Å². The molecule has 2 fully saturated rings. The van der Waals surface area contributed by atoms with Crippen LogP contribution in [-0.4, -0.2) is 70.7 Å². The second kappa shape index (κ2) is 16.6. The molecule has 240 valence electrons. The molecule has 2 heterocycles. The third kappa shape index (κ3) is 10.2. The summed E-state index contributed by atoms with van der Waals surface area (Å²) in [4.78, 5) is 28.0. The summed E-state index contributed by atoms with van der Waals surface area (Å²) in [6.07, 6.45) is 2.45. The van der Waals surface area contributed by atoms with Gasteiger partial charge in [-0.1, -0.05) is 73.2 Å². The molecule has 0 aliphatic carbocycles. The van der Waals surface area contributed by atoms with Gasteiger partial charge in [0.2, 0.25) is 5.91 Å². The molecule has 1 amide bonds. The molecule has 2 aliphatic rings. The predicted octanol–water partition coefficient (Wildman–Crippen LogP) is 5.52. The molecule has 3 atom stereocenters. The van der Waals surface area contributed by atoms with E-state index in [4.69, 9.17) is 14.6 Å². The van der Waals surface area contributed by atoms with E-state index in [1.807, 2.05) is 48.5 Å². The van der Waals surface area contributed by atoms with Crippen molar-refractivity contribution in [2.75, 3.05) is 38.0 Å². The van der Waals surface area contributed by atoms with Gasteiger partial charge in [0.15, 0.2) is 6.29 Å². The molecule has 5 rings (SSSR count). The SMILES string of the molecule is O=C(O)CCCCCC(=O)Nc1ccc(C2OC(CN3CCN(Cc4ccccc4)CC3)CC(c3ccc(CO)cc3)O2)cc1. The van der Waals surface area contributed by atoms with E-state index in [-0.39, 0.29) is 31.1 Å². The van der Waals surface area contributed by atoms with Crippen LogP contribution >= 0.6 is 0 Å². The number of benzene rings is 3. The number of carbonyl (C=O) groups is 2. The zero-order valence-corrected chi connectivity index (χ0v) is 25.9. The van der Waals surface area contributed by atoms with Crippen molar-refractivity contribution in [3.8, 4) is 0 Å². The maximum absolute atomic E-state index is 12.4. The number of piperazine rings is 1. The standard InChI is InChI=1S/C36H45N3O6/c40-26-28-11-13-29(14-12-28)33-23-32(25-39-21-19-38(20-22-39)24-27-7-3-1-4-8-27)44-36(45-33)30-15-17-31(18-16-30)37-34(41)9-5-2-6-10-35(42)43/h1,3-4,7-8,11-18,32-33,36,40H,2,5-6,9-10,19-26H2,(H,37,41)(H,42,43). The molecule has 9 heteroatoms. The Morgan fingerprint density at radius 3 is 2.11 bits per heavy atom. The summed E-state index contributed by atoms with van der Waals surface area (Å²) in [6, 6.07) is 26.1. The van der Waals surface area contributed by atoms with E-state index in [1.165, 1.54) is 5.56 Å². The quantitative estimate of drug-likeness (QED) is 0.204. The number of rotatable bonds is 14. The van der Waals surface area contributed by atoms with Gasteiger partial charge >= 0.3 is 5.97 Å². The third-order valence-corrected chi connectivity index (χ3v) is 8.55. The van der Waals surface area contributed by atoms with Crippen molar-refractivity contribution >= 4 is 17.6 Å². The summed E-state index contributed by atoms with van der Waals surface area (Å²) >= 11 is 0. The number of amides is 1. The maximum Gasteiger partial charge on any atom is 0.303 e. The van der Waals surface area contributed by atoms with Gasteiger partial charge in [0.1, 0.15) is 0 Å². The number of ether oxygens (including phenoxy) is 2. The van der Waals surface area contributed by atoms with E-state index in [1.54, 1.807) is 0 Å². The molecule has 0 radical (unpaired) electrons. The molecule has 0 saturated carbocycles. The first-order chi connectivity index (χ1) is 21.9. The first-order valence-electron chi connectivity index (χ1n) is 16.1. The zero-order valence-electron chi connectivity index (χ0n) is 25.9. The molecule has 3 unspecified atom stereocenters. The summed E-state index contributed by atoms with van der Waals surface area (Å²) in [7, 11) is 0. The average Bonchev–Trinajstić information content (AvgIpc) is 3.06. The zero-order chi connectivity index (χ0) is 31.4. The van der Waals surface area contributed by atoms with E-state index in [2.05, 4.69) is 45.4 Å². The van der Waals surface area contributed by atoms with Crippen LogP contribution in [-0.2, 0) is 32.2 Å². The molecule has 3 aromatic carbocycles. The van der Waals surface area contributed by atoms with Gasteiger partial charge in [-0.2, -0.15) is 0 Å². The summed E-state index contributed by atoms with van der Waals surface area (Å²) < 4.78 is 13.1. The molecule has 45 heavy (non-hydrogen) atoms. The van der Waals surface area contributed by atoms with Crippen LogP contribution in [0.4, 0.5) is 5.69 Å². The summed E-state index contributed by atoms with van der Waals surface area (Å²) in [6.45, 7) is 5.81. The second-order valence-electron chi connectivity index (χ2n) is 12.0. The largest absolute Gasteiger partial charge is 0.481 e. The minimum Gasteiger partial charge on any atom is -0.481 e. The van der Waals surface area contributed by atoms with Gasteiger partial charge in [-0.3, -0.25) is 19.4 Å². The molecule has 2 aliphatic heterocycles. The number of carbonyl (C=O) groups excluding carboxylic acids is 1. The van der Waals surface area contributed by atoms with Gasteiger partial charge in [-0.25, -0.2) is 0 Å². The molecule has 3 N–H and O–H groups in total. The van der Waals surface area contributed by atoms with Crippen LogP contribution in [0.1, 0.15) is 73.2 Å². The highest BCUT2D eigenvalue weighted by Gasteiger charge is 2.33. The third-order valence-electron chi connectivity index (χ3n) is 8.55. The van der Waals surface area contributed by atoms with Crippen LogP contribution in [0.3, 0.4) is 0 Å². The lowest BCUT2D eigenvalue weighted by Gasteiger charge is -2.40. The molecule has 2 saturated heterocycles.